The molecule has 0 unspecified atom stereocenters. The van der Waals surface area contributed by atoms with Gasteiger partial charge in [-0.1, -0.05) is 0 Å². The monoisotopic (exact) mass is 441 g/mol. The van der Waals surface area contributed by atoms with Gasteiger partial charge in [-0.15, -0.1) is 11.3 Å². The Morgan fingerprint density at radius 2 is 2.06 bits per heavy atom. The van der Waals surface area contributed by atoms with Gasteiger partial charge in [0.2, 0.25) is 0 Å². The molecule has 1 N–H and O–H groups in total. The minimum Gasteiger partial charge on any atom is -0.481 e. The van der Waals surface area contributed by atoms with Crippen molar-refractivity contribution in [2.45, 2.75) is 32.8 Å². The maximum atomic E-state index is 12.8. The number of benzene rings is 1. The highest BCUT2D eigenvalue weighted by Crippen LogP contribution is 2.34. The minimum atomic E-state index is -0.882. The van der Waals surface area contributed by atoms with Crippen molar-refractivity contribution >= 4 is 34.2 Å². The lowest BCUT2D eigenvalue weighted by molar-refractivity contribution is -0.147. The van der Waals surface area contributed by atoms with Crippen LogP contribution in [0.1, 0.15) is 24.6 Å². The maximum absolute atomic E-state index is 12.8. The van der Waals surface area contributed by atoms with E-state index in [0.29, 0.717) is 30.7 Å². The zero-order valence-corrected chi connectivity index (χ0v) is 18.1. The topological polar surface area (TPSA) is 97.0 Å². The maximum Gasteiger partial charge on any atom is 0.336 e. The van der Waals surface area contributed by atoms with Gasteiger partial charge in [-0.2, -0.15) is 0 Å². The summed E-state index contributed by atoms with van der Waals surface area (Å²) in [7, 11) is 0. The first-order valence-corrected chi connectivity index (χ1v) is 11.0. The molecule has 2 aromatic heterocycles. The highest BCUT2D eigenvalue weighted by molar-refractivity contribution is 7.10. The zero-order chi connectivity index (χ0) is 22.1. The van der Waals surface area contributed by atoms with Crippen LogP contribution in [0.15, 0.2) is 44.9 Å². The number of carbonyl (C=O) groups excluding carboxylic acids is 1. The fourth-order valence-corrected chi connectivity index (χ4v) is 4.71. The normalized spacial score (nSPS) is 17.5. The van der Waals surface area contributed by atoms with Gasteiger partial charge >= 0.3 is 11.6 Å². The highest BCUT2D eigenvalue weighted by atomic mass is 32.1. The molecule has 0 saturated carbocycles. The van der Waals surface area contributed by atoms with Crippen LogP contribution >= 0.6 is 11.3 Å². The number of hydrogen-bond donors (Lipinski definition) is 1. The van der Waals surface area contributed by atoms with E-state index in [0.717, 1.165) is 21.4 Å². The number of aryl methyl sites for hydroxylation is 1. The van der Waals surface area contributed by atoms with Gasteiger partial charge in [0.15, 0.2) is 6.10 Å². The Labute approximate surface area is 182 Å². The van der Waals surface area contributed by atoms with E-state index in [-0.39, 0.29) is 12.5 Å². The molecule has 8 heteroatoms. The molecule has 3 aromatic rings. The molecule has 0 radical (unpaired) electrons. The van der Waals surface area contributed by atoms with Crippen molar-refractivity contribution in [2.24, 2.45) is 5.92 Å². The largest absolute Gasteiger partial charge is 0.481 e. The van der Waals surface area contributed by atoms with Gasteiger partial charge in [0.25, 0.3) is 5.91 Å². The number of thiophene rings is 1. The molecule has 1 aromatic carbocycles. The van der Waals surface area contributed by atoms with E-state index in [9.17, 15) is 19.5 Å². The van der Waals surface area contributed by atoms with Crippen LogP contribution in [-0.2, 0) is 9.59 Å². The summed E-state index contributed by atoms with van der Waals surface area (Å²) in [6.45, 7) is 4.35. The minimum absolute atomic E-state index is 0.192. The van der Waals surface area contributed by atoms with E-state index < -0.39 is 23.6 Å². The van der Waals surface area contributed by atoms with Crippen LogP contribution in [0.4, 0.5) is 0 Å². The summed E-state index contributed by atoms with van der Waals surface area (Å²) in [6.07, 6.45) is 0.435. The molecule has 31 heavy (non-hydrogen) atoms. The quantitative estimate of drug-likeness (QED) is 0.603. The number of nitrogens with zero attached hydrogens (tertiary/aromatic N) is 1. The summed E-state index contributed by atoms with van der Waals surface area (Å²) in [5.74, 6) is -1.27. The van der Waals surface area contributed by atoms with Gasteiger partial charge in [-0.05, 0) is 55.8 Å². The lowest BCUT2D eigenvalue weighted by Gasteiger charge is -2.32. The summed E-state index contributed by atoms with van der Waals surface area (Å²) < 4.78 is 11.2. The van der Waals surface area contributed by atoms with Crippen LogP contribution in [0.2, 0.25) is 0 Å². The molecule has 7 nitrogen and oxygen atoms in total. The van der Waals surface area contributed by atoms with Gasteiger partial charge in [-0.25, -0.2) is 4.79 Å². The number of likely N-dealkylation sites (tertiary alicyclic amines) is 1. The predicted molar refractivity (Wildman–Crippen MR) is 118 cm³/mol. The number of aliphatic carboxylic acids is 1. The van der Waals surface area contributed by atoms with E-state index in [2.05, 4.69) is 0 Å². The smallest absolute Gasteiger partial charge is 0.336 e. The van der Waals surface area contributed by atoms with Gasteiger partial charge in [0.1, 0.15) is 11.3 Å². The molecule has 1 aliphatic heterocycles. The second-order valence-electron chi connectivity index (χ2n) is 7.75. The molecule has 1 amide bonds. The van der Waals surface area contributed by atoms with E-state index in [1.54, 1.807) is 35.3 Å². The molecule has 2 atom stereocenters. The number of carbonyl (C=O) groups is 2. The molecular formula is C23H23NO6S. The number of fused-ring (bicyclic) bond motifs is 1. The third-order valence-electron chi connectivity index (χ3n) is 5.61. The molecule has 1 saturated heterocycles. The number of ether oxygens (including phenoxy) is 1. The van der Waals surface area contributed by atoms with Crippen LogP contribution < -0.4 is 10.4 Å². The number of amides is 1. The first kappa shape index (κ1) is 21.1. The molecule has 0 aliphatic carbocycles. The molecular weight excluding hydrogens is 418 g/mol. The van der Waals surface area contributed by atoms with Crippen molar-refractivity contribution in [1.82, 2.24) is 4.90 Å². The number of piperidine rings is 1. The third-order valence-corrected chi connectivity index (χ3v) is 6.45. The van der Waals surface area contributed by atoms with Crippen molar-refractivity contribution in [3.63, 3.8) is 0 Å². The average molecular weight is 442 g/mol. The van der Waals surface area contributed by atoms with Crippen molar-refractivity contribution in [3.8, 4) is 16.9 Å². The Kier molecular flexibility index (Phi) is 5.82. The van der Waals surface area contributed by atoms with Gasteiger partial charge in [0, 0.05) is 41.0 Å². The highest BCUT2D eigenvalue weighted by Gasteiger charge is 2.31. The van der Waals surface area contributed by atoms with E-state index in [1.165, 1.54) is 6.07 Å². The Morgan fingerprint density at radius 1 is 1.26 bits per heavy atom. The second kappa shape index (κ2) is 8.55. The Bertz CT molecular complexity index is 1200. The predicted octanol–water partition coefficient (Wildman–Crippen LogP) is 3.92. The summed E-state index contributed by atoms with van der Waals surface area (Å²) >= 11 is 1.61. The molecule has 0 spiro atoms. The lowest BCUT2D eigenvalue weighted by atomic mass is 9.98. The van der Waals surface area contributed by atoms with Crippen LogP contribution in [-0.4, -0.2) is 41.1 Å². The second-order valence-corrected chi connectivity index (χ2v) is 8.87. The van der Waals surface area contributed by atoms with Gasteiger partial charge < -0.3 is 19.2 Å². The van der Waals surface area contributed by atoms with Crippen LogP contribution in [0.5, 0.6) is 5.75 Å². The zero-order valence-electron chi connectivity index (χ0n) is 17.3. The van der Waals surface area contributed by atoms with E-state index in [1.807, 2.05) is 24.4 Å². The summed E-state index contributed by atoms with van der Waals surface area (Å²) in [5, 5.41) is 12.0. The number of rotatable bonds is 5. The molecule has 0 bridgehead atoms. The fourth-order valence-electron chi connectivity index (χ4n) is 3.99. The molecule has 1 fully saturated rings. The molecule has 3 heterocycles. The van der Waals surface area contributed by atoms with Crippen molar-refractivity contribution in [1.29, 1.82) is 0 Å². The summed E-state index contributed by atoms with van der Waals surface area (Å²) in [5.41, 5.74) is 1.71. The van der Waals surface area contributed by atoms with Crippen LogP contribution in [0.3, 0.4) is 0 Å². The molecule has 1 aliphatic rings. The van der Waals surface area contributed by atoms with E-state index >= 15 is 0 Å². The van der Waals surface area contributed by atoms with Crippen molar-refractivity contribution < 1.29 is 23.8 Å². The molecule has 162 valence electrons. The first-order valence-electron chi connectivity index (χ1n) is 10.1. The molecule has 4 rings (SSSR count). The van der Waals surface area contributed by atoms with Crippen LogP contribution in [0, 0.1) is 12.8 Å². The average Bonchev–Trinajstić information content (AvgIpc) is 3.18. The fraction of sp³-hybridized carbons (Fsp3) is 0.348. The lowest BCUT2D eigenvalue weighted by Crippen LogP contribution is -2.47. The van der Waals surface area contributed by atoms with Crippen LogP contribution in [0.25, 0.3) is 22.1 Å². The van der Waals surface area contributed by atoms with Gasteiger partial charge in [0.05, 0.1) is 5.92 Å². The SMILES string of the molecule is Cc1sccc1-c1cc(=O)oc2cc(O[C@H](C)C(=O)N3CCC[C@H](C(=O)O)C3)ccc12. The first-order chi connectivity index (χ1) is 14.8. The standard InChI is InChI=1S/C23H23NO6S/c1-13(22(26)24-8-3-4-15(12-24)23(27)28)29-16-5-6-18-19(17-7-9-31-14(17)2)11-21(25)30-20(18)10-16/h5-7,9-11,13,15H,3-4,8,12H2,1-2H3,(H,27,28)/t13-,15+/m1/s1. The number of hydrogen-bond acceptors (Lipinski definition) is 6. The Hall–Kier alpha value is -3.13. The van der Waals surface area contributed by atoms with E-state index in [4.69, 9.17) is 9.15 Å². The third kappa shape index (κ3) is 4.34. The van der Waals surface area contributed by atoms with Crippen molar-refractivity contribution in [3.05, 3.63) is 51.0 Å². The Balaban J connectivity index is 1.56. The summed E-state index contributed by atoms with van der Waals surface area (Å²) in [4.78, 5) is 38.8. The van der Waals surface area contributed by atoms with Crippen molar-refractivity contribution in [2.75, 3.05) is 13.1 Å². The number of carboxylic acids is 1. The Morgan fingerprint density at radius 3 is 2.77 bits per heavy atom. The summed E-state index contributed by atoms with van der Waals surface area (Å²) in [6, 6.07) is 8.63. The van der Waals surface area contributed by atoms with Gasteiger partial charge in [-0.3, -0.25) is 9.59 Å². The number of carboxylic acid groups (broad SMARTS) is 1.